The van der Waals surface area contributed by atoms with Gasteiger partial charge in [-0.25, -0.2) is 0 Å². The largest absolute Gasteiger partial charge is 0.469 e. The number of carbonyl (C=O) groups is 2. The van der Waals surface area contributed by atoms with Gasteiger partial charge in [-0.2, -0.15) is 0 Å². The highest BCUT2D eigenvalue weighted by Gasteiger charge is 2.81. The third kappa shape index (κ3) is 1.47. The van der Waals surface area contributed by atoms with Gasteiger partial charge < -0.3 is 4.74 Å². The highest BCUT2D eigenvalue weighted by molar-refractivity contribution is 5.96. The molecule has 0 N–H and O–H groups in total. The van der Waals surface area contributed by atoms with Gasteiger partial charge in [0.25, 0.3) is 0 Å². The van der Waals surface area contributed by atoms with Crippen LogP contribution in [0.15, 0.2) is 11.6 Å². The summed E-state index contributed by atoms with van der Waals surface area (Å²) in [5.41, 5.74) is 0.548. The van der Waals surface area contributed by atoms with E-state index in [0.29, 0.717) is 17.6 Å². The maximum Gasteiger partial charge on any atom is 0.311 e. The van der Waals surface area contributed by atoms with E-state index < -0.39 is 5.41 Å². The molecule has 20 heavy (non-hydrogen) atoms. The molecule has 0 radical (unpaired) electrons. The molecule has 3 saturated carbocycles. The van der Waals surface area contributed by atoms with Crippen molar-refractivity contribution in [2.75, 3.05) is 7.11 Å². The standard InChI is InChI=1S/C17H24O3/c1-9(2)6-7-16(3)10-8-17(4,15(19)20-5)13-11(10)12(13)14(16)18/h6,10-13H,7-8H2,1-5H3/t10-,11+,12?,13?,16+,17-/m1/s1. The van der Waals surface area contributed by atoms with Crippen LogP contribution in [0.1, 0.15) is 40.5 Å². The molecule has 0 spiro atoms. The van der Waals surface area contributed by atoms with E-state index in [1.807, 2.05) is 6.92 Å². The van der Waals surface area contributed by atoms with Crippen molar-refractivity contribution in [2.24, 2.45) is 34.5 Å². The lowest BCUT2D eigenvalue weighted by Gasteiger charge is -2.30. The molecule has 0 heterocycles. The van der Waals surface area contributed by atoms with Crippen molar-refractivity contribution in [3.8, 4) is 0 Å². The van der Waals surface area contributed by atoms with Crippen LogP contribution < -0.4 is 0 Å². The maximum absolute atomic E-state index is 12.8. The van der Waals surface area contributed by atoms with Gasteiger partial charge in [0.15, 0.2) is 0 Å². The number of methoxy groups -OCH3 is 1. The van der Waals surface area contributed by atoms with Crippen LogP contribution in [0.5, 0.6) is 0 Å². The van der Waals surface area contributed by atoms with E-state index in [9.17, 15) is 9.59 Å². The Hall–Kier alpha value is -1.12. The Kier molecular flexibility index (Phi) is 2.74. The predicted octanol–water partition coefficient (Wildman–Crippen LogP) is 2.99. The van der Waals surface area contributed by atoms with Gasteiger partial charge in [0.05, 0.1) is 12.5 Å². The summed E-state index contributed by atoms with van der Waals surface area (Å²) in [7, 11) is 1.45. The van der Waals surface area contributed by atoms with Crippen molar-refractivity contribution in [3.63, 3.8) is 0 Å². The molecule has 0 saturated heterocycles. The predicted molar refractivity (Wildman–Crippen MR) is 75.9 cm³/mol. The van der Waals surface area contributed by atoms with Gasteiger partial charge in [-0.3, -0.25) is 9.59 Å². The minimum Gasteiger partial charge on any atom is -0.469 e. The zero-order chi connectivity index (χ0) is 14.9. The summed E-state index contributed by atoms with van der Waals surface area (Å²) >= 11 is 0. The second kappa shape index (κ2) is 3.96. The number of ketones is 1. The van der Waals surface area contributed by atoms with Crippen LogP contribution >= 0.6 is 0 Å². The van der Waals surface area contributed by atoms with E-state index >= 15 is 0 Å². The van der Waals surface area contributed by atoms with Crippen molar-refractivity contribution in [2.45, 2.75) is 40.5 Å². The number of hydrogen-bond acceptors (Lipinski definition) is 3. The number of esters is 1. The minimum atomic E-state index is -0.437. The van der Waals surface area contributed by atoms with E-state index in [-0.39, 0.29) is 23.2 Å². The van der Waals surface area contributed by atoms with Crippen LogP contribution in [0.3, 0.4) is 0 Å². The van der Waals surface area contributed by atoms with Gasteiger partial charge in [-0.15, -0.1) is 0 Å². The van der Waals surface area contributed by atoms with Crippen LogP contribution in [-0.4, -0.2) is 18.9 Å². The van der Waals surface area contributed by atoms with Gasteiger partial charge in [0, 0.05) is 11.3 Å². The molecular weight excluding hydrogens is 252 g/mol. The van der Waals surface area contributed by atoms with E-state index in [1.54, 1.807) is 0 Å². The third-order valence-electron chi connectivity index (χ3n) is 6.19. The minimum absolute atomic E-state index is 0.119. The van der Waals surface area contributed by atoms with Crippen molar-refractivity contribution >= 4 is 11.8 Å². The highest BCUT2D eigenvalue weighted by atomic mass is 16.5. The number of hydrogen-bond donors (Lipinski definition) is 0. The summed E-state index contributed by atoms with van der Waals surface area (Å²) in [6.45, 7) is 8.24. The zero-order valence-corrected chi connectivity index (χ0v) is 13.0. The molecule has 3 aliphatic carbocycles. The Bertz CT molecular complexity index is 516. The molecule has 0 amide bonds. The van der Waals surface area contributed by atoms with E-state index in [1.165, 1.54) is 12.7 Å². The molecular formula is C17H24O3. The Labute approximate surface area is 120 Å². The average molecular weight is 276 g/mol. The van der Waals surface area contributed by atoms with Gasteiger partial charge >= 0.3 is 5.97 Å². The lowest BCUT2D eigenvalue weighted by atomic mass is 9.72. The summed E-state index contributed by atoms with van der Waals surface area (Å²) in [6, 6.07) is 0. The Morgan fingerprint density at radius 2 is 2.05 bits per heavy atom. The van der Waals surface area contributed by atoms with Gasteiger partial charge in [-0.1, -0.05) is 18.6 Å². The monoisotopic (exact) mass is 276 g/mol. The number of ether oxygens (including phenoxy) is 1. The molecule has 0 aliphatic heterocycles. The molecule has 3 fully saturated rings. The molecule has 6 atom stereocenters. The topological polar surface area (TPSA) is 43.4 Å². The number of fused-ring (bicyclic) bond motifs is 1. The lowest BCUT2D eigenvalue weighted by Crippen LogP contribution is -2.31. The van der Waals surface area contributed by atoms with Crippen LogP contribution in [0.4, 0.5) is 0 Å². The molecule has 110 valence electrons. The highest BCUT2D eigenvalue weighted by Crippen LogP contribution is 2.78. The molecule has 3 heteroatoms. The number of Topliss-reactive ketones (excluding diaryl/α,β-unsaturated/α-hetero) is 1. The Morgan fingerprint density at radius 1 is 1.40 bits per heavy atom. The van der Waals surface area contributed by atoms with Crippen molar-refractivity contribution < 1.29 is 14.3 Å². The first-order valence-electron chi connectivity index (χ1n) is 7.53. The van der Waals surface area contributed by atoms with E-state index in [2.05, 4.69) is 26.8 Å². The second-order valence-electron chi connectivity index (χ2n) is 7.62. The first-order valence-corrected chi connectivity index (χ1v) is 7.53. The molecule has 0 bridgehead atoms. The summed E-state index contributed by atoms with van der Waals surface area (Å²) in [6.07, 6.45) is 3.80. The molecule has 3 nitrogen and oxygen atoms in total. The van der Waals surface area contributed by atoms with Gasteiger partial charge in [0.1, 0.15) is 5.78 Å². The third-order valence-corrected chi connectivity index (χ3v) is 6.19. The molecule has 0 aromatic heterocycles. The van der Waals surface area contributed by atoms with Crippen LogP contribution in [0.25, 0.3) is 0 Å². The van der Waals surface area contributed by atoms with Crippen molar-refractivity contribution in [1.82, 2.24) is 0 Å². The first kappa shape index (κ1) is 13.8. The van der Waals surface area contributed by atoms with Gasteiger partial charge in [0.2, 0.25) is 0 Å². The van der Waals surface area contributed by atoms with E-state index in [0.717, 1.165) is 12.8 Å². The van der Waals surface area contributed by atoms with Crippen LogP contribution in [-0.2, 0) is 14.3 Å². The fourth-order valence-electron chi connectivity index (χ4n) is 5.06. The number of carbonyl (C=O) groups excluding carboxylic acids is 2. The fraction of sp³-hybridized carbons (Fsp3) is 0.765. The molecule has 0 aromatic rings. The smallest absolute Gasteiger partial charge is 0.311 e. The number of allylic oxidation sites excluding steroid dienone is 2. The van der Waals surface area contributed by atoms with Gasteiger partial charge in [-0.05, 0) is 51.4 Å². The van der Waals surface area contributed by atoms with Crippen LogP contribution in [0.2, 0.25) is 0 Å². The summed E-state index contributed by atoms with van der Waals surface area (Å²) < 4.78 is 5.00. The fourth-order valence-corrected chi connectivity index (χ4v) is 5.06. The Balaban J connectivity index is 1.90. The van der Waals surface area contributed by atoms with E-state index in [4.69, 9.17) is 4.74 Å². The second-order valence-corrected chi connectivity index (χ2v) is 7.62. The quantitative estimate of drug-likeness (QED) is 0.588. The van der Waals surface area contributed by atoms with Crippen molar-refractivity contribution in [1.29, 1.82) is 0 Å². The number of rotatable bonds is 3. The normalized spacial score (nSPS) is 48.0. The zero-order valence-electron chi connectivity index (χ0n) is 13.0. The average Bonchev–Trinajstić information content (AvgIpc) is 3.03. The maximum atomic E-state index is 12.8. The first-order chi connectivity index (χ1) is 9.27. The molecule has 2 unspecified atom stereocenters. The van der Waals surface area contributed by atoms with Crippen molar-refractivity contribution in [3.05, 3.63) is 11.6 Å². The summed E-state index contributed by atoms with van der Waals surface area (Å²) in [5.74, 6) is 1.41. The summed E-state index contributed by atoms with van der Waals surface area (Å²) in [5, 5.41) is 0. The lowest BCUT2D eigenvalue weighted by molar-refractivity contribution is -0.153. The summed E-state index contributed by atoms with van der Waals surface area (Å²) in [4.78, 5) is 24.9. The molecule has 0 aromatic carbocycles. The van der Waals surface area contributed by atoms with Crippen LogP contribution in [0, 0.1) is 34.5 Å². The molecule has 3 rings (SSSR count). The molecule has 3 aliphatic rings. The Morgan fingerprint density at radius 3 is 2.55 bits per heavy atom. The SMILES string of the molecule is COC(=O)[C@]1(C)C[C@@H]2[C@H]3C(C(=O)[C@@]2(C)CC=C(C)C)C31.